The summed E-state index contributed by atoms with van der Waals surface area (Å²) in [6, 6.07) is 10.3. The number of carbonyl (C=O) groups excluding carboxylic acids is 1. The molecule has 0 bridgehead atoms. The first-order chi connectivity index (χ1) is 12.0. The van der Waals surface area contributed by atoms with E-state index in [4.69, 9.17) is 44.3 Å². The molecule has 2 aromatic rings. The minimum absolute atomic E-state index is 0.0699. The molecule has 0 aliphatic carbocycles. The van der Waals surface area contributed by atoms with Crippen LogP contribution < -0.4 is 15.4 Å². The molecule has 2 aromatic carbocycles. The first-order valence-electron chi connectivity index (χ1n) is 7.39. The molecule has 0 atom stereocenters. The molecule has 0 radical (unpaired) electrons. The lowest BCUT2D eigenvalue weighted by molar-refractivity contribution is -0.114. The van der Waals surface area contributed by atoms with Crippen molar-refractivity contribution < 1.29 is 14.3 Å². The van der Waals surface area contributed by atoms with Crippen LogP contribution in [0.15, 0.2) is 36.4 Å². The smallest absolute Gasteiger partial charge is 0.243 e. The van der Waals surface area contributed by atoms with Crippen molar-refractivity contribution in [2.75, 3.05) is 37.5 Å². The summed E-state index contributed by atoms with van der Waals surface area (Å²) in [6.45, 7) is 1.08. The van der Waals surface area contributed by atoms with Gasteiger partial charge in [-0.3, -0.25) is 4.79 Å². The predicted octanol–water partition coefficient (Wildman–Crippen LogP) is 4.72. The van der Waals surface area contributed by atoms with Crippen LogP contribution in [0.3, 0.4) is 0 Å². The van der Waals surface area contributed by atoms with E-state index in [1.54, 1.807) is 7.11 Å². The number of carbonyl (C=O) groups is 1. The van der Waals surface area contributed by atoms with Crippen molar-refractivity contribution in [3.63, 3.8) is 0 Å². The third-order valence-electron chi connectivity index (χ3n) is 3.15. The van der Waals surface area contributed by atoms with E-state index in [1.807, 2.05) is 24.3 Å². The summed E-state index contributed by atoms with van der Waals surface area (Å²) >= 11 is 17.8. The van der Waals surface area contributed by atoms with Gasteiger partial charge in [-0.25, -0.2) is 0 Å². The Morgan fingerprint density at radius 3 is 2.36 bits per heavy atom. The second kappa shape index (κ2) is 9.73. The molecule has 2 rings (SSSR count). The molecule has 0 heterocycles. The van der Waals surface area contributed by atoms with Crippen LogP contribution in [0.4, 0.5) is 11.4 Å². The van der Waals surface area contributed by atoms with Crippen molar-refractivity contribution in [3.8, 4) is 5.75 Å². The number of hydrogen-bond acceptors (Lipinski definition) is 4. The first-order valence-corrected chi connectivity index (χ1v) is 8.53. The Labute approximate surface area is 161 Å². The lowest BCUT2D eigenvalue weighted by Crippen LogP contribution is -2.21. The second-order valence-electron chi connectivity index (χ2n) is 5.01. The maximum absolute atomic E-state index is 12.0. The van der Waals surface area contributed by atoms with Crippen molar-refractivity contribution in [1.82, 2.24) is 0 Å². The van der Waals surface area contributed by atoms with Gasteiger partial charge in [0.1, 0.15) is 12.4 Å². The fourth-order valence-electron chi connectivity index (χ4n) is 1.91. The van der Waals surface area contributed by atoms with E-state index >= 15 is 0 Å². The zero-order valence-electron chi connectivity index (χ0n) is 13.4. The third kappa shape index (κ3) is 6.29. The number of hydrogen-bond donors (Lipinski definition) is 2. The Balaban J connectivity index is 1.84. The zero-order valence-corrected chi connectivity index (χ0v) is 15.7. The van der Waals surface area contributed by atoms with Crippen LogP contribution in [0, 0.1) is 0 Å². The fraction of sp³-hybridized carbons (Fsp3) is 0.235. The average Bonchev–Trinajstić information content (AvgIpc) is 2.59. The number of benzene rings is 2. The van der Waals surface area contributed by atoms with Gasteiger partial charge in [-0.15, -0.1) is 0 Å². The Bertz CT molecular complexity index is 724. The van der Waals surface area contributed by atoms with Crippen molar-refractivity contribution in [2.45, 2.75) is 0 Å². The van der Waals surface area contributed by atoms with Crippen LogP contribution in [0.2, 0.25) is 15.1 Å². The highest BCUT2D eigenvalue weighted by molar-refractivity contribution is 6.44. The molecule has 0 aliphatic heterocycles. The molecule has 1 amide bonds. The van der Waals surface area contributed by atoms with Gasteiger partial charge in [0.25, 0.3) is 0 Å². The van der Waals surface area contributed by atoms with Crippen LogP contribution >= 0.6 is 34.8 Å². The van der Waals surface area contributed by atoms with E-state index in [9.17, 15) is 4.79 Å². The molecule has 0 aliphatic rings. The van der Waals surface area contributed by atoms with Crippen LogP contribution in [0.5, 0.6) is 5.75 Å². The maximum atomic E-state index is 12.0. The van der Waals surface area contributed by atoms with E-state index in [-0.39, 0.29) is 12.5 Å². The summed E-state index contributed by atoms with van der Waals surface area (Å²) in [5.41, 5.74) is 1.19. The summed E-state index contributed by atoms with van der Waals surface area (Å²) < 4.78 is 10.4. The summed E-state index contributed by atoms with van der Waals surface area (Å²) in [4.78, 5) is 12.0. The molecular weight excluding hydrogens is 387 g/mol. The monoisotopic (exact) mass is 402 g/mol. The quantitative estimate of drug-likeness (QED) is 0.494. The van der Waals surface area contributed by atoms with Crippen molar-refractivity contribution >= 4 is 52.1 Å². The van der Waals surface area contributed by atoms with E-state index in [2.05, 4.69) is 10.6 Å². The molecule has 2 N–H and O–H groups in total. The lowest BCUT2D eigenvalue weighted by atomic mass is 10.3. The average molecular weight is 404 g/mol. The summed E-state index contributed by atoms with van der Waals surface area (Å²) in [5.74, 6) is 0.468. The normalized spacial score (nSPS) is 10.4. The van der Waals surface area contributed by atoms with Gasteiger partial charge in [0.15, 0.2) is 0 Å². The summed E-state index contributed by atoms with van der Waals surface area (Å²) in [5, 5.41) is 6.66. The van der Waals surface area contributed by atoms with Gasteiger partial charge in [-0.2, -0.15) is 0 Å². The van der Waals surface area contributed by atoms with E-state index in [0.717, 1.165) is 11.4 Å². The van der Waals surface area contributed by atoms with Crippen LogP contribution in [0.25, 0.3) is 0 Å². The molecule has 5 nitrogen and oxygen atoms in total. The number of amides is 1. The van der Waals surface area contributed by atoms with Crippen LogP contribution in [-0.2, 0) is 9.53 Å². The molecule has 0 saturated heterocycles. The predicted molar refractivity (Wildman–Crippen MR) is 102 cm³/mol. The molecule has 134 valence electrons. The Kier molecular flexibility index (Phi) is 7.65. The van der Waals surface area contributed by atoms with E-state index in [0.29, 0.717) is 34.0 Å². The van der Waals surface area contributed by atoms with Gasteiger partial charge in [-0.1, -0.05) is 34.8 Å². The number of nitrogens with one attached hydrogen (secondary N) is 2. The van der Waals surface area contributed by atoms with E-state index < -0.39 is 0 Å². The first kappa shape index (κ1) is 19.7. The lowest BCUT2D eigenvalue weighted by Gasteiger charge is -2.11. The topological polar surface area (TPSA) is 59.6 Å². The van der Waals surface area contributed by atoms with Gasteiger partial charge in [0.2, 0.25) is 5.91 Å². The van der Waals surface area contributed by atoms with Gasteiger partial charge in [0.05, 0.1) is 33.9 Å². The molecular formula is C17H17Cl3N2O3. The van der Waals surface area contributed by atoms with Gasteiger partial charge in [0, 0.05) is 12.8 Å². The van der Waals surface area contributed by atoms with Gasteiger partial charge < -0.3 is 20.1 Å². The minimum Gasteiger partial charge on any atom is -0.491 e. The third-order valence-corrected chi connectivity index (χ3v) is 4.18. The van der Waals surface area contributed by atoms with Gasteiger partial charge >= 0.3 is 0 Å². The van der Waals surface area contributed by atoms with Gasteiger partial charge in [-0.05, 0) is 36.4 Å². The maximum Gasteiger partial charge on any atom is 0.243 e. The zero-order chi connectivity index (χ0) is 18.2. The van der Waals surface area contributed by atoms with Crippen LogP contribution in [0.1, 0.15) is 0 Å². The molecule has 25 heavy (non-hydrogen) atoms. The highest BCUT2D eigenvalue weighted by atomic mass is 35.5. The standard InChI is InChI=1S/C17H17Cl3N2O3/c1-24-6-7-25-12-4-2-11(3-5-12)21-10-17(23)22-16-9-14(19)13(18)8-15(16)20/h2-5,8-9,21H,6-7,10H2,1H3,(H,22,23). The Morgan fingerprint density at radius 2 is 1.68 bits per heavy atom. The number of anilines is 2. The number of methoxy groups -OCH3 is 1. The Morgan fingerprint density at radius 1 is 1.00 bits per heavy atom. The SMILES string of the molecule is COCCOc1ccc(NCC(=O)Nc2cc(Cl)c(Cl)cc2Cl)cc1. The molecule has 0 saturated carbocycles. The second-order valence-corrected chi connectivity index (χ2v) is 6.24. The van der Waals surface area contributed by atoms with Crippen LogP contribution in [-0.4, -0.2) is 32.8 Å². The fourth-order valence-corrected chi connectivity index (χ4v) is 2.50. The molecule has 0 fully saturated rings. The van der Waals surface area contributed by atoms with E-state index in [1.165, 1.54) is 12.1 Å². The largest absolute Gasteiger partial charge is 0.491 e. The van der Waals surface area contributed by atoms with Crippen molar-refractivity contribution in [1.29, 1.82) is 0 Å². The summed E-state index contributed by atoms with van der Waals surface area (Å²) in [7, 11) is 1.62. The minimum atomic E-state index is -0.263. The summed E-state index contributed by atoms with van der Waals surface area (Å²) in [6.07, 6.45) is 0. The Hall–Kier alpha value is -1.66. The highest BCUT2D eigenvalue weighted by Crippen LogP contribution is 2.32. The number of halogens is 3. The molecule has 0 spiro atoms. The van der Waals surface area contributed by atoms with Crippen molar-refractivity contribution in [2.24, 2.45) is 0 Å². The number of ether oxygens (including phenoxy) is 2. The molecule has 0 unspecified atom stereocenters. The number of rotatable bonds is 8. The highest BCUT2D eigenvalue weighted by Gasteiger charge is 2.09. The van der Waals surface area contributed by atoms with Crippen molar-refractivity contribution in [3.05, 3.63) is 51.5 Å². The molecule has 8 heteroatoms. The molecule has 0 aromatic heterocycles.